The smallest absolute Gasteiger partial charge is 0.236 e. The first-order valence-corrected chi connectivity index (χ1v) is 12.6. The molecule has 1 aliphatic heterocycles. The van der Waals surface area contributed by atoms with E-state index in [0.717, 1.165) is 37.8 Å². The van der Waals surface area contributed by atoms with Crippen LogP contribution in [0.2, 0.25) is 0 Å². The first kappa shape index (κ1) is 23.1. The van der Waals surface area contributed by atoms with Crippen LogP contribution in [0.3, 0.4) is 0 Å². The molecular formula is C26H32N2O2S. The van der Waals surface area contributed by atoms with Gasteiger partial charge in [-0.1, -0.05) is 74.1 Å². The van der Waals surface area contributed by atoms with Gasteiger partial charge in [-0.05, 0) is 36.1 Å². The van der Waals surface area contributed by atoms with Gasteiger partial charge in [-0.2, -0.15) is 4.31 Å². The van der Waals surface area contributed by atoms with Crippen molar-refractivity contribution < 1.29 is 8.42 Å². The summed E-state index contributed by atoms with van der Waals surface area (Å²) in [5, 5.41) is 1.25. The molecule has 0 radical (unpaired) electrons. The Labute approximate surface area is 187 Å². The topological polar surface area (TPSA) is 40.6 Å². The molecule has 0 N–H and O–H groups in total. The lowest BCUT2D eigenvalue weighted by atomic mass is 10.0. The Hall–Kier alpha value is -2.55. The summed E-state index contributed by atoms with van der Waals surface area (Å²) in [4.78, 5) is 2.26. The van der Waals surface area contributed by atoms with Crippen LogP contribution in [0.15, 0.2) is 66.1 Å². The highest BCUT2D eigenvalue weighted by Gasteiger charge is 2.25. The molecule has 1 heterocycles. The number of benzene rings is 2. The highest BCUT2D eigenvalue weighted by molar-refractivity contribution is 7.92. The first-order valence-electron chi connectivity index (χ1n) is 11.1. The summed E-state index contributed by atoms with van der Waals surface area (Å²) in [6.45, 7) is 4.50. The predicted octanol–water partition coefficient (Wildman–Crippen LogP) is 4.83. The fraction of sp³-hybridized carbons (Fsp3) is 0.385. The van der Waals surface area contributed by atoms with Gasteiger partial charge in [0.1, 0.15) is 0 Å². The van der Waals surface area contributed by atoms with Crippen LogP contribution in [0.1, 0.15) is 43.7 Å². The zero-order chi connectivity index (χ0) is 21.9. The standard InChI is InChI=1S/C26H32N2O2S/c1-2-3-4-5-6-7-11-21-31(29,30)28-19-17-27(18-20-28)26-16-12-15-25(23-26)22-24-13-9-8-10-14-24/h8-16,21,23H,2-5,17-20,22H2,1H3/b21-11-. The molecule has 0 amide bonds. The lowest BCUT2D eigenvalue weighted by Gasteiger charge is -2.35. The number of unbranched alkanes of at least 4 members (excludes halogenated alkanes) is 3. The van der Waals surface area contributed by atoms with Gasteiger partial charge in [-0.3, -0.25) is 0 Å². The van der Waals surface area contributed by atoms with Crippen molar-refractivity contribution in [2.45, 2.75) is 39.0 Å². The Bertz CT molecular complexity index is 1010. The van der Waals surface area contributed by atoms with E-state index in [-0.39, 0.29) is 0 Å². The molecule has 2 aromatic rings. The lowest BCUT2D eigenvalue weighted by Crippen LogP contribution is -2.48. The summed E-state index contributed by atoms with van der Waals surface area (Å²) in [6, 6.07) is 19.0. The second-order valence-corrected chi connectivity index (χ2v) is 9.66. The van der Waals surface area contributed by atoms with Gasteiger partial charge in [0, 0.05) is 44.4 Å². The first-order chi connectivity index (χ1) is 15.1. The van der Waals surface area contributed by atoms with Crippen molar-refractivity contribution in [1.82, 2.24) is 4.31 Å². The molecule has 0 bridgehead atoms. The van der Waals surface area contributed by atoms with Crippen LogP contribution in [-0.4, -0.2) is 38.9 Å². The van der Waals surface area contributed by atoms with Gasteiger partial charge in [-0.15, -0.1) is 0 Å². The van der Waals surface area contributed by atoms with E-state index in [9.17, 15) is 8.42 Å². The van der Waals surface area contributed by atoms with E-state index in [1.165, 1.54) is 22.6 Å². The maximum absolute atomic E-state index is 12.6. The maximum Gasteiger partial charge on any atom is 0.236 e. The van der Waals surface area contributed by atoms with Gasteiger partial charge in [-0.25, -0.2) is 8.42 Å². The molecule has 164 valence electrons. The minimum absolute atomic E-state index is 0.486. The van der Waals surface area contributed by atoms with Crippen molar-refractivity contribution in [3.8, 4) is 11.8 Å². The molecule has 2 aromatic carbocycles. The van der Waals surface area contributed by atoms with Crippen molar-refractivity contribution in [1.29, 1.82) is 0 Å². The molecule has 0 aromatic heterocycles. The number of hydrogen-bond donors (Lipinski definition) is 0. The van der Waals surface area contributed by atoms with Gasteiger partial charge < -0.3 is 4.90 Å². The zero-order valence-corrected chi connectivity index (χ0v) is 19.2. The molecular weight excluding hydrogens is 404 g/mol. The lowest BCUT2D eigenvalue weighted by molar-refractivity contribution is 0.390. The van der Waals surface area contributed by atoms with Crippen molar-refractivity contribution in [3.63, 3.8) is 0 Å². The van der Waals surface area contributed by atoms with Crippen LogP contribution in [0.5, 0.6) is 0 Å². The molecule has 4 nitrogen and oxygen atoms in total. The second kappa shape index (κ2) is 11.7. The zero-order valence-electron chi connectivity index (χ0n) is 18.3. The highest BCUT2D eigenvalue weighted by Crippen LogP contribution is 2.21. The molecule has 0 aliphatic carbocycles. The fourth-order valence-electron chi connectivity index (χ4n) is 3.70. The average Bonchev–Trinajstić information content (AvgIpc) is 2.79. The Morgan fingerprint density at radius 3 is 2.42 bits per heavy atom. The molecule has 31 heavy (non-hydrogen) atoms. The summed E-state index contributed by atoms with van der Waals surface area (Å²) in [5.41, 5.74) is 3.70. The molecule has 0 spiro atoms. The van der Waals surface area contributed by atoms with Gasteiger partial charge in [0.2, 0.25) is 10.0 Å². The van der Waals surface area contributed by atoms with Crippen LogP contribution < -0.4 is 4.90 Å². The van der Waals surface area contributed by atoms with Gasteiger partial charge in [0.05, 0.1) is 5.41 Å². The molecule has 3 rings (SSSR count). The van der Waals surface area contributed by atoms with Crippen molar-refractivity contribution >= 4 is 15.7 Å². The second-order valence-electron chi connectivity index (χ2n) is 7.84. The Kier molecular flexibility index (Phi) is 8.75. The van der Waals surface area contributed by atoms with Gasteiger partial charge >= 0.3 is 0 Å². The summed E-state index contributed by atoms with van der Waals surface area (Å²) in [6.07, 6.45) is 6.58. The van der Waals surface area contributed by atoms with Crippen LogP contribution >= 0.6 is 0 Å². The largest absolute Gasteiger partial charge is 0.369 e. The van der Waals surface area contributed by atoms with Crippen LogP contribution in [0.4, 0.5) is 5.69 Å². The van der Waals surface area contributed by atoms with Crippen molar-refractivity contribution in [3.05, 3.63) is 77.2 Å². The quantitative estimate of drug-likeness (QED) is 0.440. The van der Waals surface area contributed by atoms with Crippen LogP contribution in [0, 0.1) is 11.8 Å². The van der Waals surface area contributed by atoms with Gasteiger partial charge in [0.25, 0.3) is 0 Å². The van der Waals surface area contributed by atoms with Crippen molar-refractivity contribution in [2.75, 3.05) is 31.1 Å². The number of hydrogen-bond acceptors (Lipinski definition) is 3. The Balaban J connectivity index is 1.53. The molecule has 0 unspecified atom stereocenters. The Morgan fingerprint density at radius 1 is 0.935 bits per heavy atom. The summed E-state index contributed by atoms with van der Waals surface area (Å²) in [5.74, 6) is 5.87. The van der Waals surface area contributed by atoms with E-state index >= 15 is 0 Å². The third-order valence-corrected chi connectivity index (χ3v) is 7.02. The SMILES string of the molecule is CCCCCC#C/C=C\S(=O)(=O)N1CCN(c2cccc(Cc3ccccc3)c2)CC1. The predicted molar refractivity (Wildman–Crippen MR) is 129 cm³/mol. The number of piperazine rings is 1. The minimum atomic E-state index is -3.41. The monoisotopic (exact) mass is 436 g/mol. The molecule has 0 atom stereocenters. The number of sulfonamides is 1. The number of nitrogens with zero attached hydrogens (tertiary/aromatic N) is 2. The molecule has 5 heteroatoms. The third kappa shape index (κ3) is 7.27. The molecule has 1 aliphatic rings. The number of rotatable bonds is 8. The average molecular weight is 437 g/mol. The van der Waals surface area contributed by atoms with Crippen LogP contribution in [-0.2, 0) is 16.4 Å². The molecule has 0 saturated carbocycles. The van der Waals surface area contributed by atoms with Gasteiger partial charge in [0.15, 0.2) is 0 Å². The third-order valence-electron chi connectivity index (χ3n) is 5.46. The summed E-state index contributed by atoms with van der Waals surface area (Å²) >= 11 is 0. The molecule has 1 fully saturated rings. The van der Waals surface area contributed by atoms with E-state index < -0.39 is 10.0 Å². The normalized spacial score (nSPS) is 15.1. The number of allylic oxidation sites excluding steroid dienone is 1. The summed E-state index contributed by atoms with van der Waals surface area (Å²) in [7, 11) is -3.41. The fourth-order valence-corrected chi connectivity index (χ4v) is 4.78. The van der Waals surface area contributed by atoms with E-state index in [1.807, 2.05) is 6.07 Å². The van der Waals surface area contributed by atoms with Crippen molar-refractivity contribution in [2.24, 2.45) is 0 Å². The van der Waals surface area contributed by atoms with E-state index in [1.54, 1.807) is 4.31 Å². The Morgan fingerprint density at radius 2 is 1.68 bits per heavy atom. The van der Waals surface area contributed by atoms with E-state index in [4.69, 9.17) is 0 Å². The minimum Gasteiger partial charge on any atom is -0.369 e. The maximum atomic E-state index is 12.6. The van der Waals surface area contributed by atoms with E-state index in [2.05, 4.69) is 72.2 Å². The number of anilines is 1. The highest BCUT2D eigenvalue weighted by atomic mass is 32.2. The molecule has 1 saturated heterocycles. The van der Waals surface area contributed by atoms with E-state index in [0.29, 0.717) is 26.2 Å². The van der Waals surface area contributed by atoms with Crippen LogP contribution in [0.25, 0.3) is 0 Å². The summed E-state index contributed by atoms with van der Waals surface area (Å²) < 4.78 is 26.7.